The molecule has 0 radical (unpaired) electrons. The summed E-state index contributed by atoms with van der Waals surface area (Å²) in [6.45, 7) is 0. The van der Waals surface area contributed by atoms with Gasteiger partial charge in [-0.3, -0.25) is 4.68 Å². The molecular formula is C17H17F3N6O. The average Bonchev–Trinajstić information content (AvgIpc) is 3.07. The highest BCUT2D eigenvalue weighted by atomic mass is 19.4. The molecule has 0 fully saturated rings. The Bertz CT molecular complexity index is 954. The molecule has 0 aliphatic rings. The van der Waals surface area contributed by atoms with Crippen molar-refractivity contribution in [1.29, 1.82) is 0 Å². The van der Waals surface area contributed by atoms with Crippen molar-refractivity contribution in [3.05, 3.63) is 42.2 Å². The maximum atomic E-state index is 13.0. The summed E-state index contributed by atoms with van der Waals surface area (Å²) in [5, 5.41) is 9.45. The molecule has 2 heterocycles. The molecule has 10 heteroatoms. The van der Waals surface area contributed by atoms with Crippen LogP contribution in [-0.2, 0) is 13.2 Å². The number of nitrogens with zero attached hydrogens (tertiary/aromatic N) is 4. The number of alkyl halides is 3. The minimum Gasteiger partial charge on any atom is -0.495 e. The van der Waals surface area contributed by atoms with E-state index in [4.69, 9.17) is 4.74 Å². The van der Waals surface area contributed by atoms with E-state index in [1.165, 1.54) is 14.2 Å². The monoisotopic (exact) mass is 378 g/mol. The molecule has 3 aromatic rings. The minimum atomic E-state index is -4.54. The SMILES string of the molecule is CNc1nc(Nc2ccc(-c3ccnn3C)cc2OC)ncc1C(F)(F)F. The van der Waals surface area contributed by atoms with Crippen molar-refractivity contribution in [3.8, 4) is 17.0 Å². The fraction of sp³-hybridized carbons (Fsp3) is 0.235. The lowest BCUT2D eigenvalue weighted by Gasteiger charge is -2.15. The van der Waals surface area contributed by atoms with Crippen LogP contribution in [0.4, 0.5) is 30.6 Å². The molecule has 0 aliphatic heterocycles. The van der Waals surface area contributed by atoms with Gasteiger partial charge in [0.1, 0.15) is 17.1 Å². The van der Waals surface area contributed by atoms with E-state index < -0.39 is 11.7 Å². The van der Waals surface area contributed by atoms with Gasteiger partial charge in [-0.2, -0.15) is 23.3 Å². The highest BCUT2D eigenvalue weighted by Gasteiger charge is 2.35. The molecular weight excluding hydrogens is 361 g/mol. The van der Waals surface area contributed by atoms with Crippen LogP contribution in [0.25, 0.3) is 11.3 Å². The molecule has 3 rings (SSSR count). The molecule has 0 amide bonds. The van der Waals surface area contributed by atoms with E-state index in [-0.39, 0.29) is 11.8 Å². The van der Waals surface area contributed by atoms with Crippen molar-refractivity contribution in [2.75, 3.05) is 24.8 Å². The zero-order valence-electron chi connectivity index (χ0n) is 14.8. The van der Waals surface area contributed by atoms with Crippen LogP contribution in [0, 0.1) is 0 Å². The van der Waals surface area contributed by atoms with Crippen LogP contribution in [0.15, 0.2) is 36.7 Å². The summed E-state index contributed by atoms with van der Waals surface area (Å²) in [5.41, 5.74) is 1.35. The average molecular weight is 378 g/mol. The molecule has 0 atom stereocenters. The Morgan fingerprint density at radius 2 is 1.96 bits per heavy atom. The zero-order valence-corrected chi connectivity index (χ0v) is 14.8. The van der Waals surface area contributed by atoms with Gasteiger partial charge >= 0.3 is 6.18 Å². The summed E-state index contributed by atoms with van der Waals surface area (Å²) in [6.07, 6.45) is -2.12. The number of aryl methyl sites for hydroxylation is 1. The van der Waals surface area contributed by atoms with E-state index in [1.807, 2.05) is 19.2 Å². The van der Waals surface area contributed by atoms with Crippen LogP contribution in [0.5, 0.6) is 5.75 Å². The van der Waals surface area contributed by atoms with Gasteiger partial charge in [-0.05, 0) is 18.2 Å². The first kappa shape index (κ1) is 18.5. The first-order valence-electron chi connectivity index (χ1n) is 7.89. The molecule has 27 heavy (non-hydrogen) atoms. The van der Waals surface area contributed by atoms with Crippen molar-refractivity contribution in [1.82, 2.24) is 19.7 Å². The maximum absolute atomic E-state index is 13.0. The molecule has 142 valence electrons. The lowest BCUT2D eigenvalue weighted by molar-refractivity contribution is -0.137. The van der Waals surface area contributed by atoms with Gasteiger partial charge < -0.3 is 15.4 Å². The quantitative estimate of drug-likeness (QED) is 0.705. The smallest absolute Gasteiger partial charge is 0.421 e. The number of anilines is 3. The van der Waals surface area contributed by atoms with E-state index in [0.717, 1.165) is 17.5 Å². The summed E-state index contributed by atoms with van der Waals surface area (Å²) in [6, 6.07) is 7.23. The lowest BCUT2D eigenvalue weighted by atomic mass is 10.1. The number of ether oxygens (including phenoxy) is 1. The number of rotatable bonds is 5. The Hall–Kier alpha value is -3.30. The van der Waals surface area contributed by atoms with Gasteiger partial charge in [-0.25, -0.2) is 4.98 Å². The fourth-order valence-electron chi connectivity index (χ4n) is 2.57. The van der Waals surface area contributed by atoms with Gasteiger partial charge in [-0.15, -0.1) is 0 Å². The molecule has 0 aliphatic carbocycles. The van der Waals surface area contributed by atoms with E-state index in [0.29, 0.717) is 11.4 Å². The third kappa shape index (κ3) is 3.78. The molecule has 0 unspecified atom stereocenters. The summed E-state index contributed by atoms with van der Waals surface area (Å²) < 4.78 is 46.0. The van der Waals surface area contributed by atoms with Crippen molar-refractivity contribution < 1.29 is 17.9 Å². The molecule has 0 spiro atoms. The highest BCUT2D eigenvalue weighted by molar-refractivity contribution is 5.71. The standard InChI is InChI=1S/C17H17F3N6O/c1-21-15-11(17(18,19)20)9-22-16(25-15)24-12-5-4-10(8-14(12)27-3)13-6-7-23-26(13)2/h4-9H,1-3H3,(H2,21,22,24,25). The van der Waals surface area contributed by atoms with Crippen LogP contribution >= 0.6 is 0 Å². The predicted molar refractivity (Wildman–Crippen MR) is 95.1 cm³/mol. The van der Waals surface area contributed by atoms with Crippen molar-refractivity contribution in [2.24, 2.45) is 7.05 Å². The Balaban J connectivity index is 1.93. The Labute approximate surface area is 153 Å². The van der Waals surface area contributed by atoms with Crippen LogP contribution in [0.1, 0.15) is 5.56 Å². The molecule has 0 saturated heterocycles. The number of benzene rings is 1. The summed E-state index contributed by atoms with van der Waals surface area (Å²) >= 11 is 0. The van der Waals surface area contributed by atoms with Gasteiger partial charge in [0.2, 0.25) is 5.95 Å². The van der Waals surface area contributed by atoms with Gasteiger partial charge in [0, 0.05) is 32.1 Å². The van der Waals surface area contributed by atoms with Gasteiger partial charge in [-0.1, -0.05) is 6.07 Å². The topological polar surface area (TPSA) is 76.9 Å². The van der Waals surface area contributed by atoms with Gasteiger partial charge in [0.15, 0.2) is 0 Å². The predicted octanol–water partition coefficient (Wildman–Crippen LogP) is 3.69. The lowest BCUT2D eigenvalue weighted by Crippen LogP contribution is -2.12. The number of halogens is 3. The summed E-state index contributed by atoms with van der Waals surface area (Å²) in [5.74, 6) is 0.188. The number of methoxy groups -OCH3 is 1. The molecule has 0 bridgehead atoms. The van der Waals surface area contributed by atoms with E-state index in [9.17, 15) is 13.2 Å². The second-order valence-electron chi connectivity index (χ2n) is 5.58. The third-order valence-corrected chi connectivity index (χ3v) is 3.90. The number of nitrogens with one attached hydrogen (secondary N) is 2. The first-order chi connectivity index (χ1) is 12.8. The van der Waals surface area contributed by atoms with E-state index >= 15 is 0 Å². The van der Waals surface area contributed by atoms with Crippen molar-refractivity contribution >= 4 is 17.5 Å². The highest BCUT2D eigenvalue weighted by Crippen LogP contribution is 2.35. The van der Waals surface area contributed by atoms with Gasteiger partial charge in [0.25, 0.3) is 0 Å². The Morgan fingerprint density at radius 1 is 1.19 bits per heavy atom. The number of hydrogen-bond donors (Lipinski definition) is 2. The van der Waals surface area contributed by atoms with Crippen LogP contribution in [-0.4, -0.2) is 33.9 Å². The fourth-order valence-corrected chi connectivity index (χ4v) is 2.57. The van der Waals surface area contributed by atoms with Crippen molar-refractivity contribution in [2.45, 2.75) is 6.18 Å². The molecule has 0 saturated carbocycles. The summed E-state index contributed by atoms with van der Waals surface area (Å²) in [7, 11) is 4.69. The largest absolute Gasteiger partial charge is 0.495 e. The number of hydrogen-bond acceptors (Lipinski definition) is 6. The summed E-state index contributed by atoms with van der Waals surface area (Å²) in [4.78, 5) is 7.65. The third-order valence-electron chi connectivity index (χ3n) is 3.90. The second-order valence-corrected chi connectivity index (χ2v) is 5.58. The molecule has 7 nitrogen and oxygen atoms in total. The van der Waals surface area contributed by atoms with E-state index in [1.54, 1.807) is 23.0 Å². The zero-order chi connectivity index (χ0) is 19.6. The second kappa shape index (κ2) is 7.14. The molecule has 2 N–H and O–H groups in total. The normalized spacial score (nSPS) is 11.3. The van der Waals surface area contributed by atoms with E-state index in [2.05, 4.69) is 25.7 Å². The van der Waals surface area contributed by atoms with Crippen LogP contribution in [0.2, 0.25) is 0 Å². The first-order valence-corrected chi connectivity index (χ1v) is 7.89. The maximum Gasteiger partial charge on any atom is 0.421 e. The minimum absolute atomic E-state index is 0.0129. The van der Waals surface area contributed by atoms with Crippen LogP contribution < -0.4 is 15.4 Å². The van der Waals surface area contributed by atoms with Gasteiger partial charge in [0.05, 0.1) is 18.5 Å². The molecule has 2 aromatic heterocycles. The van der Waals surface area contributed by atoms with Crippen molar-refractivity contribution in [3.63, 3.8) is 0 Å². The Morgan fingerprint density at radius 3 is 2.56 bits per heavy atom. The number of aromatic nitrogens is 4. The Kier molecular flexibility index (Phi) is 4.89. The molecule has 1 aromatic carbocycles. The van der Waals surface area contributed by atoms with Crippen LogP contribution in [0.3, 0.4) is 0 Å².